The number of hydrogen-bond donors (Lipinski definition) is 2. The zero-order valence-corrected chi connectivity index (χ0v) is 13.1. The fourth-order valence-electron chi connectivity index (χ4n) is 3.42. The smallest absolute Gasteiger partial charge is 0.224 e. The lowest BCUT2D eigenvalue weighted by Gasteiger charge is -2.29. The number of ether oxygens (including phenoxy) is 1. The van der Waals surface area contributed by atoms with Crippen molar-refractivity contribution in [3.63, 3.8) is 0 Å². The quantitative estimate of drug-likeness (QED) is 0.895. The molecule has 0 spiro atoms. The van der Waals surface area contributed by atoms with Crippen LogP contribution in [0, 0.1) is 0 Å². The summed E-state index contributed by atoms with van der Waals surface area (Å²) in [5.74, 6) is 0.916. The van der Waals surface area contributed by atoms with Crippen LogP contribution in [0.2, 0.25) is 0 Å². The van der Waals surface area contributed by atoms with Gasteiger partial charge in [-0.2, -0.15) is 0 Å². The van der Waals surface area contributed by atoms with Crippen LogP contribution in [0.1, 0.15) is 31.2 Å². The Morgan fingerprint density at radius 2 is 2.05 bits per heavy atom. The van der Waals surface area contributed by atoms with Crippen LogP contribution >= 0.6 is 12.4 Å². The van der Waals surface area contributed by atoms with Crippen molar-refractivity contribution in [2.24, 2.45) is 0 Å². The molecule has 3 rings (SSSR count). The van der Waals surface area contributed by atoms with Crippen molar-refractivity contribution in [3.05, 3.63) is 29.8 Å². The maximum Gasteiger partial charge on any atom is 0.224 e. The second kappa shape index (κ2) is 7.14. The van der Waals surface area contributed by atoms with E-state index in [1.165, 1.54) is 12.8 Å². The third-order valence-electron chi connectivity index (χ3n) is 4.34. The summed E-state index contributed by atoms with van der Waals surface area (Å²) in [6.45, 7) is 0. The Bertz CT molecular complexity index is 483. The Morgan fingerprint density at radius 3 is 2.71 bits per heavy atom. The Morgan fingerprint density at radius 1 is 1.33 bits per heavy atom. The highest BCUT2D eigenvalue weighted by atomic mass is 35.5. The van der Waals surface area contributed by atoms with Crippen molar-refractivity contribution in [1.82, 2.24) is 10.6 Å². The number of methoxy groups -OCH3 is 1. The van der Waals surface area contributed by atoms with Gasteiger partial charge in [0.25, 0.3) is 0 Å². The molecule has 21 heavy (non-hydrogen) atoms. The van der Waals surface area contributed by atoms with Gasteiger partial charge in [-0.3, -0.25) is 4.79 Å². The summed E-state index contributed by atoms with van der Waals surface area (Å²) >= 11 is 0. The number of amides is 1. The minimum absolute atomic E-state index is 0. The van der Waals surface area contributed by atoms with Crippen LogP contribution in [0.5, 0.6) is 5.75 Å². The third-order valence-corrected chi connectivity index (χ3v) is 4.34. The summed E-state index contributed by atoms with van der Waals surface area (Å²) in [5, 5.41) is 6.78. The van der Waals surface area contributed by atoms with Crippen LogP contribution in [0.3, 0.4) is 0 Å². The van der Waals surface area contributed by atoms with Crippen LogP contribution in [-0.2, 0) is 11.2 Å². The van der Waals surface area contributed by atoms with Gasteiger partial charge in [-0.1, -0.05) is 12.1 Å². The first kappa shape index (κ1) is 16.1. The zero-order valence-electron chi connectivity index (χ0n) is 12.3. The molecule has 2 fully saturated rings. The topological polar surface area (TPSA) is 50.4 Å². The number of hydrogen-bond acceptors (Lipinski definition) is 3. The summed E-state index contributed by atoms with van der Waals surface area (Å²) in [6.07, 6.45) is 5.08. The molecular weight excluding hydrogens is 288 g/mol. The van der Waals surface area contributed by atoms with Gasteiger partial charge in [0.15, 0.2) is 0 Å². The van der Waals surface area contributed by atoms with Crippen molar-refractivity contribution < 1.29 is 9.53 Å². The minimum Gasteiger partial charge on any atom is -0.497 e. The molecule has 2 N–H and O–H groups in total. The first-order valence-electron chi connectivity index (χ1n) is 7.41. The molecule has 4 nitrogen and oxygen atoms in total. The van der Waals surface area contributed by atoms with E-state index in [-0.39, 0.29) is 18.3 Å². The van der Waals surface area contributed by atoms with Crippen molar-refractivity contribution >= 4 is 18.3 Å². The van der Waals surface area contributed by atoms with Crippen molar-refractivity contribution in [2.75, 3.05) is 7.11 Å². The molecular formula is C16H23ClN2O2. The zero-order chi connectivity index (χ0) is 13.9. The van der Waals surface area contributed by atoms with E-state index < -0.39 is 0 Å². The molecule has 116 valence electrons. The van der Waals surface area contributed by atoms with E-state index in [0.717, 1.165) is 24.2 Å². The molecule has 2 aliphatic heterocycles. The van der Waals surface area contributed by atoms with Gasteiger partial charge in [0, 0.05) is 18.1 Å². The van der Waals surface area contributed by atoms with Crippen LogP contribution in [0.4, 0.5) is 0 Å². The molecule has 5 heteroatoms. The monoisotopic (exact) mass is 310 g/mol. The molecule has 1 aromatic carbocycles. The van der Waals surface area contributed by atoms with Gasteiger partial charge >= 0.3 is 0 Å². The summed E-state index contributed by atoms with van der Waals surface area (Å²) < 4.78 is 5.18. The predicted octanol–water partition coefficient (Wildman–Crippen LogP) is 2.06. The lowest BCUT2D eigenvalue weighted by molar-refractivity contribution is -0.121. The van der Waals surface area contributed by atoms with Gasteiger partial charge in [0.2, 0.25) is 5.91 Å². The molecule has 0 radical (unpaired) electrons. The summed E-state index contributed by atoms with van der Waals surface area (Å²) in [4.78, 5) is 12.1. The molecule has 2 aliphatic rings. The van der Waals surface area contributed by atoms with E-state index in [4.69, 9.17) is 4.74 Å². The fourth-order valence-corrected chi connectivity index (χ4v) is 3.42. The van der Waals surface area contributed by atoms with Gasteiger partial charge in [-0.15, -0.1) is 12.4 Å². The molecule has 2 unspecified atom stereocenters. The Kier molecular flexibility index (Phi) is 5.48. The number of carbonyl (C=O) groups is 1. The summed E-state index contributed by atoms with van der Waals surface area (Å²) in [5.41, 5.74) is 0.999. The molecule has 2 bridgehead atoms. The van der Waals surface area contributed by atoms with E-state index in [0.29, 0.717) is 24.5 Å². The highest BCUT2D eigenvalue weighted by Crippen LogP contribution is 2.26. The number of nitrogens with one attached hydrogen (secondary N) is 2. The average molecular weight is 311 g/mol. The maximum absolute atomic E-state index is 12.1. The van der Waals surface area contributed by atoms with Gasteiger partial charge in [0.05, 0.1) is 13.5 Å². The molecule has 2 saturated heterocycles. The molecule has 2 heterocycles. The van der Waals surface area contributed by atoms with Crippen LogP contribution in [0.15, 0.2) is 24.3 Å². The van der Waals surface area contributed by atoms with Crippen molar-refractivity contribution in [1.29, 1.82) is 0 Å². The SMILES string of the molecule is COc1cccc(CC(=O)NC2CC3CCC(C2)N3)c1.Cl. The van der Waals surface area contributed by atoms with Crippen molar-refractivity contribution in [2.45, 2.75) is 50.2 Å². The number of rotatable bonds is 4. The lowest BCUT2D eigenvalue weighted by atomic mass is 9.99. The number of fused-ring (bicyclic) bond motifs is 2. The standard InChI is InChI=1S/C16H22N2O2.ClH/c1-20-15-4-2-3-11(7-15)8-16(19)18-14-9-12-5-6-13(10-14)17-12;/h2-4,7,12-14,17H,5-6,8-10H2,1H3,(H,18,19);1H. The minimum atomic E-state index is 0. The van der Waals surface area contributed by atoms with E-state index in [9.17, 15) is 4.79 Å². The van der Waals surface area contributed by atoms with Gasteiger partial charge < -0.3 is 15.4 Å². The van der Waals surface area contributed by atoms with Gasteiger partial charge in [-0.05, 0) is 43.4 Å². The van der Waals surface area contributed by atoms with Crippen LogP contribution in [0.25, 0.3) is 0 Å². The highest BCUT2D eigenvalue weighted by molar-refractivity contribution is 5.85. The van der Waals surface area contributed by atoms with Crippen LogP contribution < -0.4 is 15.4 Å². The normalized spacial score (nSPS) is 26.8. The first-order valence-corrected chi connectivity index (χ1v) is 7.41. The van der Waals surface area contributed by atoms with Gasteiger partial charge in [-0.25, -0.2) is 0 Å². The number of carbonyl (C=O) groups excluding carboxylic acids is 1. The molecule has 0 aliphatic carbocycles. The first-order chi connectivity index (χ1) is 9.72. The van der Waals surface area contributed by atoms with E-state index in [1.54, 1.807) is 7.11 Å². The Labute approximate surface area is 132 Å². The molecule has 2 atom stereocenters. The summed E-state index contributed by atoms with van der Waals surface area (Å²) in [6, 6.07) is 9.26. The third kappa shape index (κ3) is 4.11. The number of halogens is 1. The molecule has 1 aromatic rings. The predicted molar refractivity (Wildman–Crippen MR) is 85.1 cm³/mol. The van der Waals surface area contributed by atoms with Crippen LogP contribution in [-0.4, -0.2) is 31.1 Å². The highest BCUT2D eigenvalue weighted by Gasteiger charge is 2.33. The van der Waals surface area contributed by atoms with E-state index in [1.807, 2.05) is 24.3 Å². The van der Waals surface area contributed by atoms with E-state index >= 15 is 0 Å². The second-order valence-electron chi connectivity index (χ2n) is 5.90. The lowest BCUT2D eigenvalue weighted by Crippen LogP contribution is -2.48. The summed E-state index contributed by atoms with van der Waals surface area (Å²) in [7, 11) is 1.64. The largest absolute Gasteiger partial charge is 0.497 e. The van der Waals surface area contributed by atoms with E-state index in [2.05, 4.69) is 10.6 Å². The fraction of sp³-hybridized carbons (Fsp3) is 0.562. The molecule has 0 saturated carbocycles. The average Bonchev–Trinajstić information content (AvgIpc) is 2.78. The Hall–Kier alpha value is -1.26. The van der Waals surface area contributed by atoms with Gasteiger partial charge in [0.1, 0.15) is 5.75 Å². The number of benzene rings is 1. The molecule has 1 amide bonds. The number of piperidine rings is 1. The maximum atomic E-state index is 12.1. The van der Waals surface area contributed by atoms with Crippen molar-refractivity contribution in [3.8, 4) is 5.75 Å². The molecule has 0 aromatic heterocycles. The second-order valence-corrected chi connectivity index (χ2v) is 5.90. The Balaban J connectivity index is 0.00000161.